The molecule has 13 nitrogen and oxygen atoms in total. The van der Waals surface area contributed by atoms with Gasteiger partial charge in [-0.25, -0.2) is 4.79 Å². The van der Waals surface area contributed by atoms with Gasteiger partial charge in [0.05, 0.1) is 12.1 Å². The summed E-state index contributed by atoms with van der Waals surface area (Å²) in [4.78, 5) is 82.5. The average molecular weight is 731 g/mol. The van der Waals surface area contributed by atoms with Gasteiger partial charge in [0.25, 0.3) is 11.5 Å². The van der Waals surface area contributed by atoms with Gasteiger partial charge >= 0.3 is 6.03 Å². The highest BCUT2D eigenvalue weighted by molar-refractivity contribution is 6.38. The number of carbonyl (C=O) groups is 5. The molecule has 286 valence electrons. The molecule has 2 aliphatic rings. The number of fused-ring (bicyclic) bond motifs is 2. The Morgan fingerprint density at radius 2 is 1.72 bits per heavy atom. The van der Waals surface area contributed by atoms with Gasteiger partial charge in [-0.05, 0) is 46.0 Å². The van der Waals surface area contributed by atoms with Gasteiger partial charge < -0.3 is 31.3 Å². The van der Waals surface area contributed by atoms with Crippen LogP contribution in [0.5, 0.6) is 5.88 Å². The van der Waals surface area contributed by atoms with Gasteiger partial charge in [0, 0.05) is 37.5 Å². The topological polar surface area (TPSA) is 179 Å². The number of nitrogens with one attached hydrogen (secondary N) is 4. The Morgan fingerprint density at radius 3 is 2.32 bits per heavy atom. The van der Waals surface area contributed by atoms with Crippen LogP contribution in [0.1, 0.15) is 68.2 Å². The van der Waals surface area contributed by atoms with Crippen LogP contribution >= 0.6 is 0 Å². The lowest BCUT2D eigenvalue weighted by molar-refractivity contribution is -0.145. The Morgan fingerprint density at radius 1 is 1.06 bits per heavy atom. The van der Waals surface area contributed by atoms with Crippen LogP contribution in [0, 0.1) is 40.4 Å². The van der Waals surface area contributed by atoms with E-state index < -0.39 is 70.1 Å². The highest BCUT2D eigenvalue weighted by atomic mass is 16.3. The number of terminal acetylenes is 1. The van der Waals surface area contributed by atoms with E-state index >= 15 is 0 Å². The molecule has 2 fully saturated rings. The number of pyridine rings is 1. The van der Waals surface area contributed by atoms with Crippen LogP contribution in [0.25, 0.3) is 10.8 Å². The van der Waals surface area contributed by atoms with Crippen LogP contribution < -0.4 is 26.8 Å². The number of rotatable bonds is 13. The van der Waals surface area contributed by atoms with E-state index in [0.717, 1.165) is 0 Å². The first-order chi connectivity index (χ1) is 24.6. The van der Waals surface area contributed by atoms with E-state index in [1.165, 1.54) is 21.6 Å². The van der Waals surface area contributed by atoms with Crippen molar-refractivity contribution in [1.82, 2.24) is 30.7 Å². The van der Waals surface area contributed by atoms with Crippen LogP contribution in [0.3, 0.4) is 0 Å². The van der Waals surface area contributed by atoms with E-state index in [4.69, 9.17) is 6.42 Å². The number of piperidine rings is 1. The number of urea groups is 1. The van der Waals surface area contributed by atoms with Crippen molar-refractivity contribution in [2.45, 2.75) is 98.9 Å². The second kappa shape index (κ2) is 15.5. The zero-order valence-electron chi connectivity index (χ0n) is 32.0. The lowest BCUT2D eigenvalue weighted by Gasteiger charge is -2.38. The van der Waals surface area contributed by atoms with E-state index in [2.05, 4.69) is 33.8 Å². The summed E-state index contributed by atoms with van der Waals surface area (Å²) in [5.41, 5.74) is -2.08. The predicted molar refractivity (Wildman–Crippen MR) is 202 cm³/mol. The Balaban J connectivity index is 1.57. The molecule has 2 heterocycles. The van der Waals surface area contributed by atoms with Crippen LogP contribution in [-0.2, 0) is 25.7 Å². The molecular weight excluding hydrogens is 676 g/mol. The number of hydrogen-bond donors (Lipinski definition) is 5. The van der Waals surface area contributed by atoms with Gasteiger partial charge in [-0.3, -0.25) is 28.5 Å². The summed E-state index contributed by atoms with van der Waals surface area (Å²) in [6.07, 6.45) is 7.04. The quantitative estimate of drug-likeness (QED) is 0.119. The van der Waals surface area contributed by atoms with Crippen LogP contribution in [0.2, 0.25) is 0 Å². The third-order valence-corrected chi connectivity index (χ3v) is 10.7. The molecule has 1 aromatic heterocycles. The first kappa shape index (κ1) is 40.6. The minimum Gasteiger partial charge on any atom is -0.494 e. The molecule has 1 aliphatic carbocycles. The summed E-state index contributed by atoms with van der Waals surface area (Å²) in [6.45, 7) is 18.9. The molecule has 13 heteroatoms. The number of carbonyl (C=O) groups excluding carboxylic acids is 5. The number of amides is 5. The van der Waals surface area contributed by atoms with Crippen LogP contribution in [-0.4, -0.2) is 81.4 Å². The Bertz CT molecular complexity index is 1880. The van der Waals surface area contributed by atoms with Gasteiger partial charge in [0.15, 0.2) is 0 Å². The van der Waals surface area contributed by atoms with Gasteiger partial charge in [0.1, 0.15) is 12.1 Å². The van der Waals surface area contributed by atoms with Crippen molar-refractivity contribution in [2.75, 3.05) is 13.1 Å². The number of ketones is 1. The smallest absolute Gasteiger partial charge is 0.315 e. The molecule has 5 N–H and O–H groups in total. The molecule has 2 aromatic rings. The van der Waals surface area contributed by atoms with Gasteiger partial charge in [0.2, 0.25) is 23.5 Å². The van der Waals surface area contributed by atoms with Crippen molar-refractivity contribution in [3.05, 3.63) is 53.3 Å². The maximum atomic E-state index is 14.5. The first-order valence-corrected chi connectivity index (χ1v) is 18.0. The lowest BCUT2D eigenvalue weighted by Crippen LogP contribution is -2.62. The zero-order chi connectivity index (χ0) is 39.6. The van der Waals surface area contributed by atoms with Crippen LogP contribution in [0.4, 0.5) is 4.79 Å². The highest BCUT2D eigenvalue weighted by Gasteiger charge is 2.70. The van der Waals surface area contributed by atoms with Gasteiger partial charge in [-0.15, -0.1) is 18.9 Å². The number of benzene rings is 1. The van der Waals surface area contributed by atoms with E-state index in [0.29, 0.717) is 10.8 Å². The maximum Gasteiger partial charge on any atom is 0.315 e. The molecule has 1 aromatic carbocycles. The first-order valence-electron chi connectivity index (χ1n) is 18.0. The largest absolute Gasteiger partial charge is 0.494 e. The Hall–Kier alpha value is -5.12. The normalized spacial score (nSPS) is 20.6. The number of hydrogen-bond acceptors (Lipinski definition) is 7. The second-order valence-corrected chi connectivity index (χ2v) is 16.9. The Kier molecular flexibility index (Phi) is 11.9. The Labute approximate surface area is 311 Å². The minimum absolute atomic E-state index is 0.00519. The SMILES string of the molecule is C#CCCC(NC(=O)[C@@H]1[C@@H]2[C@H](CN1C(=O)[C@@H](NC(=O)N[C@H](Cn1c(O)c3ccccc3cc1=O)C(C)(C)C)C(C)(C)C)C2(C)C)C(=O)C(=O)NCC=C. The van der Waals surface area contributed by atoms with E-state index in [-0.39, 0.29) is 55.6 Å². The molecule has 1 unspecified atom stereocenters. The van der Waals surface area contributed by atoms with Crippen molar-refractivity contribution < 1.29 is 29.1 Å². The van der Waals surface area contributed by atoms with Crippen molar-refractivity contribution in [3.8, 4) is 18.2 Å². The average Bonchev–Trinajstić information content (AvgIpc) is 3.37. The fraction of sp³-hybridized carbons (Fsp3) is 0.550. The number of aromatic hydroxyl groups is 1. The standard InChI is InChI=1S/C40H54N6O7/c1-11-13-18-26(31(48)34(50)41-19-12-2)42-33(49)30-29-25(40(29,9)10)21-46(30)36(52)32(39(6,7)8)44-37(53)43-27(38(3,4)5)22-45-28(47)20-23-16-14-15-17-24(23)35(45)51/h1,12,14-17,20,25-27,29-30,32,51H,2,13,18-19,21-22H2,3-10H3,(H,41,50)(H,42,49)(H2,43,44,53)/t25-,26?,27+,29-,30-,32+/m0/s1. The summed E-state index contributed by atoms with van der Waals surface area (Å²) in [5.74, 6) is -0.756. The highest BCUT2D eigenvalue weighted by Crippen LogP contribution is 2.65. The minimum atomic E-state index is -1.20. The van der Waals surface area contributed by atoms with Crippen molar-refractivity contribution >= 4 is 40.3 Å². The monoisotopic (exact) mass is 730 g/mol. The number of nitrogens with zero attached hydrogens (tertiary/aromatic N) is 2. The lowest BCUT2D eigenvalue weighted by atomic mass is 9.85. The molecular formula is C40H54N6O7. The van der Waals surface area contributed by atoms with E-state index in [1.54, 1.807) is 45.0 Å². The van der Waals surface area contributed by atoms with Crippen molar-refractivity contribution in [3.63, 3.8) is 0 Å². The molecule has 53 heavy (non-hydrogen) atoms. The molecule has 6 atom stereocenters. The molecule has 0 spiro atoms. The maximum absolute atomic E-state index is 14.5. The van der Waals surface area contributed by atoms with Crippen LogP contribution in [0.15, 0.2) is 47.8 Å². The molecule has 1 aliphatic heterocycles. The van der Waals surface area contributed by atoms with Gasteiger partial charge in [-0.2, -0.15) is 0 Å². The number of Topliss-reactive ketones (excluding diaryl/α,β-unsaturated/α-hetero) is 1. The molecule has 5 amide bonds. The molecule has 1 saturated heterocycles. The molecule has 0 radical (unpaired) electrons. The summed E-state index contributed by atoms with van der Waals surface area (Å²) in [5, 5.41) is 23.1. The summed E-state index contributed by atoms with van der Waals surface area (Å²) >= 11 is 0. The third-order valence-electron chi connectivity index (χ3n) is 10.7. The van der Waals surface area contributed by atoms with Crippen molar-refractivity contribution in [1.29, 1.82) is 0 Å². The summed E-state index contributed by atoms with van der Waals surface area (Å²) in [6, 6.07) is 3.83. The summed E-state index contributed by atoms with van der Waals surface area (Å²) < 4.78 is 1.22. The molecule has 1 saturated carbocycles. The predicted octanol–water partition coefficient (Wildman–Crippen LogP) is 3.09. The van der Waals surface area contributed by atoms with E-state index in [9.17, 15) is 33.9 Å². The molecule has 4 rings (SSSR count). The number of likely N-dealkylation sites (tertiary alicyclic amines) is 1. The van der Waals surface area contributed by atoms with Gasteiger partial charge in [-0.1, -0.05) is 79.7 Å². The third kappa shape index (κ3) is 8.75. The second-order valence-electron chi connectivity index (χ2n) is 16.9. The zero-order valence-corrected chi connectivity index (χ0v) is 32.0. The fourth-order valence-corrected chi connectivity index (χ4v) is 7.30. The fourth-order valence-electron chi connectivity index (χ4n) is 7.30. The van der Waals surface area contributed by atoms with Crippen molar-refractivity contribution in [2.24, 2.45) is 28.1 Å². The number of aromatic nitrogens is 1. The van der Waals surface area contributed by atoms with E-state index in [1.807, 2.05) is 34.6 Å². The molecule has 0 bridgehead atoms. The summed E-state index contributed by atoms with van der Waals surface area (Å²) in [7, 11) is 0.